The highest BCUT2D eigenvalue weighted by molar-refractivity contribution is 6.01. The molecule has 0 aromatic heterocycles. The lowest BCUT2D eigenvalue weighted by Gasteiger charge is -2.15. The minimum absolute atomic E-state index is 0.0792. The summed E-state index contributed by atoms with van der Waals surface area (Å²) in [7, 11) is 1.25. The van der Waals surface area contributed by atoms with E-state index in [1.807, 2.05) is 30.3 Å². The molecular formula is C21H26N4O7. The molecule has 0 aliphatic carbocycles. The van der Waals surface area contributed by atoms with Crippen molar-refractivity contribution in [1.29, 1.82) is 0 Å². The van der Waals surface area contributed by atoms with Gasteiger partial charge in [-0.05, 0) is 26.3 Å². The molecular weight excluding hydrogens is 420 g/mol. The molecule has 1 aromatic carbocycles. The van der Waals surface area contributed by atoms with Crippen LogP contribution in [0.3, 0.4) is 0 Å². The molecule has 5 atom stereocenters. The first-order chi connectivity index (χ1) is 15.3. The molecule has 0 radical (unpaired) electrons. The first-order valence-corrected chi connectivity index (χ1v) is 10.1. The van der Waals surface area contributed by atoms with Gasteiger partial charge in [-0.15, -0.1) is 0 Å². The molecule has 1 unspecified atom stereocenters. The van der Waals surface area contributed by atoms with Crippen molar-refractivity contribution in [2.24, 2.45) is 9.98 Å². The number of esters is 1. The van der Waals surface area contributed by atoms with Gasteiger partial charge in [-0.1, -0.05) is 30.3 Å². The average Bonchev–Trinajstić information content (AvgIpc) is 3.34. The van der Waals surface area contributed by atoms with Gasteiger partial charge < -0.3 is 24.3 Å². The van der Waals surface area contributed by atoms with E-state index in [0.717, 1.165) is 5.56 Å². The number of ether oxygens (including phenoxy) is 4. The number of hydrogen-bond donors (Lipinski definition) is 2. The fourth-order valence-corrected chi connectivity index (χ4v) is 3.12. The van der Waals surface area contributed by atoms with E-state index in [9.17, 15) is 14.4 Å². The molecule has 11 heteroatoms. The number of benzene rings is 1. The van der Waals surface area contributed by atoms with Gasteiger partial charge in [-0.3, -0.25) is 10.1 Å². The smallest absolute Gasteiger partial charge is 0.408 e. The topological polar surface area (TPSA) is 137 Å². The third-order valence-corrected chi connectivity index (χ3v) is 4.88. The second-order valence-electron chi connectivity index (χ2n) is 7.38. The van der Waals surface area contributed by atoms with E-state index in [-0.39, 0.29) is 18.5 Å². The zero-order valence-electron chi connectivity index (χ0n) is 18.2. The molecule has 2 heterocycles. The molecule has 2 aliphatic heterocycles. The average molecular weight is 446 g/mol. The van der Waals surface area contributed by atoms with Gasteiger partial charge in [0.05, 0.1) is 7.11 Å². The Labute approximate surface area is 185 Å². The summed E-state index contributed by atoms with van der Waals surface area (Å²) in [5, 5.41) is 5.14. The second kappa shape index (κ2) is 10.1. The maximum absolute atomic E-state index is 12.6. The van der Waals surface area contributed by atoms with Crippen molar-refractivity contribution < 1.29 is 33.3 Å². The van der Waals surface area contributed by atoms with Crippen molar-refractivity contribution in [3.63, 3.8) is 0 Å². The molecule has 3 rings (SSSR count). The van der Waals surface area contributed by atoms with Crippen LogP contribution in [0.5, 0.6) is 0 Å². The van der Waals surface area contributed by atoms with Crippen LogP contribution in [0.25, 0.3) is 0 Å². The quantitative estimate of drug-likeness (QED) is 0.620. The summed E-state index contributed by atoms with van der Waals surface area (Å²) in [4.78, 5) is 44.7. The van der Waals surface area contributed by atoms with Gasteiger partial charge in [0.1, 0.15) is 24.9 Å². The fourth-order valence-electron chi connectivity index (χ4n) is 3.12. The molecule has 2 aliphatic rings. The van der Waals surface area contributed by atoms with Crippen LogP contribution in [0.15, 0.2) is 40.3 Å². The van der Waals surface area contributed by atoms with Crippen LogP contribution in [-0.2, 0) is 35.1 Å². The number of methoxy groups -OCH3 is 1. The maximum atomic E-state index is 12.6. The Morgan fingerprint density at radius 2 is 1.75 bits per heavy atom. The van der Waals surface area contributed by atoms with Gasteiger partial charge in [-0.25, -0.2) is 19.6 Å². The number of nitrogens with one attached hydrogen (secondary N) is 2. The van der Waals surface area contributed by atoms with E-state index in [2.05, 4.69) is 25.4 Å². The SMILES string of the molecule is COC(=O)[C@H]1N=C(NC(=O)[C@H]2N=C(C(C)NC(=O)OCc3ccccc3)O[C@@H]2C)O[C@@H]1C. The number of amides is 2. The van der Waals surface area contributed by atoms with E-state index in [0.29, 0.717) is 0 Å². The molecule has 32 heavy (non-hydrogen) atoms. The highest BCUT2D eigenvalue weighted by Crippen LogP contribution is 2.18. The second-order valence-corrected chi connectivity index (χ2v) is 7.38. The highest BCUT2D eigenvalue weighted by atomic mass is 16.6. The van der Waals surface area contributed by atoms with Gasteiger partial charge >= 0.3 is 12.1 Å². The first kappa shape index (κ1) is 23.0. The Morgan fingerprint density at radius 1 is 1.06 bits per heavy atom. The largest absolute Gasteiger partial charge is 0.474 e. The number of amidine groups is 1. The summed E-state index contributed by atoms with van der Waals surface area (Å²) < 4.78 is 20.9. The third-order valence-electron chi connectivity index (χ3n) is 4.88. The van der Waals surface area contributed by atoms with E-state index >= 15 is 0 Å². The van der Waals surface area contributed by atoms with Crippen LogP contribution in [0.4, 0.5) is 4.79 Å². The molecule has 2 amide bonds. The molecule has 0 fully saturated rings. The lowest BCUT2D eigenvalue weighted by Crippen LogP contribution is -2.42. The van der Waals surface area contributed by atoms with E-state index in [4.69, 9.17) is 14.2 Å². The summed E-state index contributed by atoms with van der Waals surface area (Å²) in [6, 6.07) is 6.85. The predicted molar refractivity (Wildman–Crippen MR) is 113 cm³/mol. The summed E-state index contributed by atoms with van der Waals surface area (Å²) in [5.41, 5.74) is 0.857. The van der Waals surface area contributed by atoms with Crippen molar-refractivity contribution in [1.82, 2.24) is 10.6 Å². The van der Waals surface area contributed by atoms with Gasteiger partial charge in [0.15, 0.2) is 12.1 Å². The highest BCUT2D eigenvalue weighted by Gasteiger charge is 2.39. The Bertz CT molecular complexity index is 918. The van der Waals surface area contributed by atoms with Crippen LogP contribution in [0, 0.1) is 0 Å². The molecule has 0 saturated carbocycles. The fraction of sp³-hybridized carbons (Fsp3) is 0.476. The Kier molecular flexibility index (Phi) is 7.29. The first-order valence-electron chi connectivity index (χ1n) is 10.1. The summed E-state index contributed by atoms with van der Waals surface area (Å²) in [6.45, 7) is 5.12. The minimum atomic E-state index is -0.881. The number of carbonyl (C=O) groups excluding carboxylic acids is 3. The van der Waals surface area contributed by atoms with Gasteiger partial charge in [0, 0.05) is 0 Å². The normalized spacial score (nSPS) is 24.9. The van der Waals surface area contributed by atoms with Crippen molar-refractivity contribution in [2.45, 2.75) is 57.7 Å². The Morgan fingerprint density at radius 3 is 2.44 bits per heavy atom. The van der Waals surface area contributed by atoms with Crippen LogP contribution in [-0.4, -0.2) is 67.3 Å². The van der Waals surface area contributed by atoms with Gasteiger partial charge in [-0.2, -0.15) is 0 Å². The zero-order valence-corrected chi connectivity index (χ0v) is 18.2. The summed E-state index contributed by atoms with van der Waals surface area (Å²) in [6.07, 6.45) is -1.78. The Hall–Kier alpha value is -3.63. The molecule has 0 bridgehead atoms. The van der Waals surface area contributed by atoms with Crippen LogP contribution >= 0.6 is 0 Å². The Balaban J connectivity index is 1.53. The number of alkyl carbamates (subject to hydrolysis) is 1. The molecule has 0 saturated heterocycles. The van der Waals surface area contributed by atoms with Crippen molar-refractivity contribution in [3.05, 3.63) is 35.9 Å². The summed E-state index contributed by atoms with van der Waals surface area (Å²) in [5.74, 6) is -0.870. The van der Waals surface area contributed by atoms with E-state index in [1.54, 1.807) is 20.8 Å². The van der Waals surface area contributed by atoms with E-state index in [1.165, 1.54) is 7.11 Å². The van der Waals surface area contributed by atoms with E-state index < -0.39 is 48.3 Å². The van der Waals surface area contributed by atoms with Crippen LogP contribution in [0.1, 0.15) is 26.3 Å². The molecule has 2 N–H and O–H groups in total. The number of hydrogen-bond acceptors (Lipinski definition) is 9. The minimum Gasteiger partial charge on any atom is -0.474 e. The monoisotopic (exact) mass is 446 g/mol. The zero-order chi connectivity index (χ0) is 23.3. The van der Waals surface area contributed by atoms with Crippen molar-refractivity contribution in [2.75, 3.05) is 7.11 Å². The third kappa shape index (κ3) is 5.54. The predicted octanol–water partition coefficient (Wildman–Crippen LogP) is 0.920. The van der Waals surface area contributed by atoms with Crippen molar-refractivity contribution >= 4 is 29.9 Å². The van der Waals surface area contributed by atoms with Gasteiger partial charge in [0.2, 0.25) is 5.90 Å². The van der Waals surface area contributed by atoms with Crippen LogP contribution < -0.4 is 10.6 Å². The molecule has 1 aromatic rings. The molecule has 172 valence electrons. The number of nitrogens with zero attached hydrogens (tertiary/aromatic N) is 2. The maximum Gasteiger partial charge on any atom is 0.408 e. The number of aliphatic imine (C=N–C) groups is 2. The lowest BCUT2D eigenvalue weighted by atomic mass is 10.2. The lowest BCUT2D eigenvalue weighted by molar-refractivity contribution is -0.143. The van der Waals surface area contributed by atoms with Crippen molar-refractivity contribution in [3.8, 4) is 0 Å². The van der Waals surface area contributed by atoms with Gasteiger partial charge in [0.25, 0.3) is 11.9 Å². The standard InChI is InChI=1S/C21H26N4O7/c1-11(22-21(28)30-10-14-8-6-5-7-9-14)18-23-15(12(2)31-18)17(26)25-20-24-16(13(3)32-20)19(27)29-4/h5-9,11-13,15-16H,10H2,1-4H3,(H,22,28)(H,24,25,26)/t11?,12-,13-,15+,16+/m1/s1. The number of rotatable bonds is 6. The van der Waals surface area contributed by atoms with Crippen LogP contribution in [0.2, 0.25) is 0 Å². The molecule has 0 spiro atoms. The number of carbonyl (C=O) groups is 3. The summed E-state index contributed by atoms with van der Waals surface area (Å²) >= 11 is 0. The molecule has 11 nitrogen and oxygen atoms in total.